The Kier molecular flexibility index (Phi) is 4.93. The standard InChI is InChI=1S/C16H24N2O2S/c1-12(13-8-17-9-13)16(19)18(10-14-4-2-6-20-14)11-15-5-3-7-21-15/h3,5,7,12-14,17H,2,4,6,8-11H2,1H3. The van der Waals surface area contributed by atoms with Crippen molar-refractivity contribution in [3.8, 4) is 0 Å². The van der Waals surface area contributed by atoms with Crippen LogP contribution in [-0.2, 0) is 16.1 Å². The first-order chi connectivity index (χ1) is 10.2. The molecule has 2 aliphatic heterocycles. The van der Waals surface area contributed by atoms with Gasteiger partial charge in [0.25, 0.3) is 0 Å². The summed E-state index contributed by atoms with van der Waals surface area (Å²) in [5, 5.41) is 5.33. The van der Waals surface area contributed by atoms with Gasteiger partial charge >= 0.3 is 0 Å². The third kappa shape index (κ3) is 3.65. The fourth-order valence-corrected chi connectivity index (χ4v) is 3.73. The van der Waals surface area contributed by atoms with Crippen LogP contribution in [0.2, 0.25) is 0 Å². The van der Waals surface area contributed by atoms with E-state index in [1.165, 1.54) is 4.88 Å². The van der Waals surface area contributed by atoms with E-state index < -0.39 is 0 Å². The van der Waals surface area contributed by atoms with E-state index in [1.807, 2.05) is 11.0 Å². The first-order valence-corrected chi connectivity index (χ1v) is 8.75. The molecule has 3 heterocycles. The molecule has 3 rings (SSSR count). The number of carbonyl (C=O) groups is 1. The van der Waals surface area contributed by atoms with Crippen LogP contribution in [0.3, 0.4) is 0 Å². The van der Waals surface area contributed by atoms with Crippen molar-refractivity contribution in [2.75, 3.05) is 26.2 Å². The third-order valence-corrected chi connectivity index (χ3v) is 5.46. The molecular formula is C16H24N2O2S. The number of nitrogens with zero attached hydrogens (tertiary/aromatic N) is 1. The van der Waals surface area contributed by atoms with E-state index in [-0.39, 0.29) is 17.9 Å². The Labute approximate surface area is 130 Å². The summed E-state index contributed by atoms with van der Waals surface area (Å²) in [5.41, 5.74) is 0. The molecule has 1 aromatic rings. The van der Waals surface area contributed by atoms with Gasteiger partial charge in [0.05, 0.1) is 12.6 Å². The second-order valence-corrected chi connectivity index (χ2v) is 7.17. The second kappa shape index (κ2) is 6.90. The number of rotatable bonds is 6. The van der Waals surface area contributed by atoms with Crippen molar-refractivity contribution in [3.63, 3.8) is 0 Å². The largest absolute Gasteiger partial charge is 0.376 e. The van der Waals surface area contributed by atoms with Crippen LogP contribution in [0.5, 0.6) is 0 Å². The summed E-state index contributed by atoms with van der Waals surface area (Å²) in [7, 11) is 0. The van der Waals surface area contributed by atoms with E-state index in [4.69, 9.17) is 4.74 Å². The number of ether oxygens (including phenoxy) is 1. The molecular weight excluding hydrogens is 284 g/mol. The summed E-state index contributed by atoms with van der Waals surface area (Å²) in [5.74, 6) is 0.880. The van der Waals surface area contributed by atoms with E-state index in [9.17, 15) is 4.79 Å². The van der Waals surface area contributed by atoms with Gasteiger partial charge < -0.3 is 15.0 Å². The highest BCUT2D eigenvalue weighted by Crippen LogP contribution is 2.23. The Balaban J connectivity index is 1.65. The van der Waals surface area contributed by atoms with Crippen molar-refractivity contribution in [3.05, 3.63) is 22.4 Å². The normalized spacial score (nSPS) is 23.8. The number of carbonyl (C=O) groups excluding carboxylic acids is 1. The topological polar surface area (TPSA) is 41.6 Å². The van der Waals surface area contributed by atoms with Crippen molar-refractivity contribution in [2.24, 2.45) is 11.8 Å². The average Bonchev–Trinajstić information content (AvgIpc) is 3.08. The molecule has 21 heavy (non-hydrogen) atoms. The third-order valence-electron chi connectivity index (χ3n) is 4.60. The van der Waals surface area contributed by atoms with E-state index in [1.54, 1.807) is 11.3 Å². The Morgan fingerprint density at radius 3 is 3.00 bits per heavy atom. The van der Waals surface area contributed by atoms with Crippen LogP contribution in [0, 0.1) is 11.8 Å². The lowest BCUT2D eigenvalue weighted by molar-refractivity contribution is -0.139. The Hall–Kier alpha value is -0.910. The van der Waals surface area contributed by atoms with Gasteiger partial charge in [-0.05, 0) is 43.3 Å². The SMILES string of the molecule is CC(C(=O)N(Cc1cccs1)CC1CCCO1)C1CNC1. The molecule has 1 N–H and O–H groups in total. The highest BCUT2D eigenvalue weighted by molar-refractivity contribution is 7.09. The monoisotopic (exact) mass is 308 g/mol. The van der Waals surface area contributed by atoms with Gasteiger partial charge in [0.15, 0.2) is 0 Å². The van der Waals surface area contributed by atoms with Gasteiger partial charge in [0.2, 0.25) is 5.91 Å². The zero-order valence-corrected chi connectivity index (χ0v) is 13.4. The molecule has 2 unspecified atom stereocenters. The molecule has 116 valence electrons. The number of hydrogen-bond donors (Lipinski definition) is 1. The first kappa shape index (κ1) is 15.0. The quantitative estimate of drug-likeness (QED) is 0.875. The highest BCUT2D eigenvalue weighted by Gasteiger charge is 2.33. The summed E-state index contributed by atoms with van der Waals surface area (Å²) in [6.07, 6.45) is 2.42. The minimum atomic E-state index is 0.104. The lowest BCUT2D eigenvalue weighted by Gasteiger charge is -2.35. The lowest BCUT2D eigenvalue weighted by Crippen LogP contribution is -2.51. The van der Waals surface area contributed by atoms with E-state index >= 15 is 0 Å². The molecule has 0 aromatic carbocycles. The molecule has 0 aliphatic carbocycles. The number of thiophene rings is 1. The minimum absolute atomic E-state index is 0.104. The van der Waals surface area contributed by atoms with Gasteiger partial charge in [-0.2, -0.15) is 0 Å². The van der Waals surface area contributed by atoms with E-state index in [2.05, 4.69) is 23.7 Å². The summed E-state index contributed by atoms with van der Waals surface area (Å²) in [6, 6.07) is 4.16. The molecule has 0 radical (unpaired) electrons. The van der Waals surface area contributed by atoms with E-state index in [0.29, 0.717) is 5.92 Å². The molecule has 2 saturated heterocycles. The molecule has 0 bridgehead atoms. The molecule has 2 aliphatic rings. The fourth-order valence-electron chi connectivity index (χ4n) is 3.01. The van der Waals surface area contributed by atoms with Crippen LogP contribution in [-0.4, -0.2) is 43.2 Å². The smallest absolute Gasteiger partial charge is 0.226 e. The number of hydrogen-bond acceptors (Lipinski definition) is 4. The molecule has 1 amide bonds. The van der Waals surface area contributed by atoms with Gasteiger partial charge in [-0.15, -0.1) is 11.3 Å². The predicted octanol–water partition coefficient (Wildman–Crippen LogP) is 2.11. The van der Waals surface area contributed by atoms with Gasteiger partial charge in [0, 0.05) is 23.9 Å². The summed E-state index contributed by atoms with van der Waals surface area (Å²) in [4.78, 5) is 16.1. The van der Waals surface area contributed by atoms with Crippen LogP contribution >= 0.6 is 11.3 Å². The van der Waals surface area contributed by atoms with Crippen LogP contribution in [0.25, 0.3) is 0 Å². The van der Waals surface area contributed by atoms with Gasteiger partial charge in [-0.3, -0.25) is 4.79 Å². The summed E-state index contributed by atoms with van der Waals surface area (Å²) >= 11 is 1.72. The maximum atomic E-state index is 12.8. The van der Waals surface area contributed by atoms with Crippen molar-refractivity contribution in [1.82, 2.24) is 10.2 Å². The molecule has 2 fully saturated rings. The minimum Gasteiger partial charge on any atom is -0.376 e. The predicted molar refractivity (Wildman–Crippen MR) is 84.2 cm³/mol. The van der Waals surface area contributed by atoms with Crippen LogP contribution in [0.1, 0.15) is 24.6 Å². The Bertz CT molecular complexity index is 453. The zero-order valence-electron chi connectivity index (χ0n) is 12.6. The zero-order chi connectivity index (χ0) is 14.7. The Morgan fingerprint density at radius 2 is 2.43 bits per heavy atom. The van der Waals surface area contributed by atoms with Crippen molar-refractivity contribution >= 4 is 17.2 Å². The van der Waals surface area contributed by atoms with Crippen LogP contribution < -0.4 is 5.32 Å². The lowest BCUT2D eigenvalue weighted by atomic mass is 9.88. The maximum absolute atomic E-state index is 12.8. The summed E-state index contributed by atoms with van der Waals surface area (Å²) < 4.78 is 5.73. The van der Waals surface area contributed by atoms with Gasteiger partial charge in [0.1, 0.15) is 0 Å². The molecule has 5 heteroatoms. The molecule has 0 saturated carbocycles. The van der Waals surface area contributed by atoms with Crippen molar-refractivity contribution < 1.29 is 9.53 Å². The second-order valence-electron chi connectivity index (χ2n) is 6.14. The molecule has 0 spiro atoms. The van der Waals surface area contributed by atoms with E-state index in [0.717, 1.165) is 45.6 Å². The van der Waals surface area contributed by atoms with Gasteiger partial charge in [-0.1, -0.05) is 13.0 Å². The molecule has 4 nitrogen and oxygen atoms in total. The maximum Gasteiger partial charge on any atom is 0.226 e. The fraction of sp³-hybridized carbons (Fsp3) is 0.688. The average molecular weight is 308 g/mol. The van der Waals surface area contributed by atoms with Gasteiger partial charge in [-0.25, -0.2) is 0 Å². The Morgan fingerprint density at radius 1 is 1.57 bits per heavy atom. The highest BCUT2D eigenvalue weighted by atomic mass is 32.1. The van der Waals surface area contributed by atoms with Crippen LogP contribution in [0.4, 0.5) is 0 Å². The first-order valence-electron chi connectivity index (χ1n) is 7.87. The molecule has 1 aromatic heterocycles. The van der Waals surface area contributed by atoms with Crippen LogP contribution in [0.15, 0.2) is 17.5 Å². The number of nitrogens with one attached hydrogen (secondary N) is 1. The van der Waals surface area contributed by atoms with Crippen molar-refractivity contribution in [2.45, 2.75) is 32.4 Å². The van der Waals surface area contributed by atoms with Crippen molar-refractivity contribution in [1.29, 1.82) is 0 Å². The molecule has 2 atom stereocenters. The summed E-state index contributed by atoms with van der Waals surface area (Å²) in [6.45, 7) is 6.32. The number of amides is 1.